The first-order chi connectivity index (χ1) is 10.2. The van der Waals surface area contributed by atoms with E-state index in [1.165, 1.54) is 11.8 Å². The number of aromatic nitrogens is 4. The monoisotopic (exact) mass is 299 g/mol. The van der Waals surface area contributed by atoms with Crippen LogP contribution >= 0.6 is 11.8 Å². The Hall–Kier alpha value is -2.41. The van der Waals surface area contributed by atoms with E-state index in [1.54, 1.807) is 6.92 Å². The lowest BCUT2D eigenvalue weighted by atomic mass is 10.2. The predicted octanol–water partition coefficient (Wildman–Crippen LogP) is 3.03. The minimum Gasteiger partial charge on any atom is -0.416 e. The zero-order valence-electron chi connectivity index (χ0n) is 11.6. The third-order valence-electron chi connectivity index (χ3n) is 2.69. The third kappa shape index (κ3) is 3.19. The average Bonchev–Trinajstić information content (AvgIpc) is 2.93. The first-order valence-corrected chi connectivity index (χ1v) is 7.16. The molecular formula is C14H13N5OS. The molecule has 2 aromatic heterocycles. The van der Waals surface area contributed by atoms with Gasteiger partial charge in [-0.05, 0) is 11.8 Å². The number of benzene rings is 1. The van der Waals surface area contributed by atoms with Crippen LogP contribution in [0.5, 0.6) is 0 Å². The summed E-state index contributed by atoms with van der Waals surface area (Å²) in [6.45, 7) is 1.76. The molecule has 106 valence electrons. The second-order valence-corrected chi connectivity index (χ2v) is 5.19. The van der Waals surface area contributed by atoms with E-state index in [-0.39, 0.29) is 0 Å². The van der Waals surface area contributed by atoms with E-state index in [9.17, 15) is 0 Å². The zero-order valence-corrected chi connectivity index (χ0v) is 12.4. The van der Waals surface area contributed by atoms with Gasteiger partial charge in [0.15, 0.2) is 5.82 Å². The van der Waals surface area contributed by atoms with E-state index < -0.39 is 0 Å². The average molecular weight is 299 g/mol. The normalized spacial score (nSPS) is 10.6. The molecular weight excluding hydrogens is 286 g/mol. The van der Waals surface area contributed by atoms with Gasteiger partial charge < -0.3 is 9.73 Å². The van der Waals surface area contributed by atoms with Crippen LogP contribution in [0.25, 0.3) is 11.4 Å². The maximum Gasteiger partial charge on any atom is 0.282 e. The lowest BCUT2D eigenvalue weighted by Gasteiger charge is -2.06. The second-order valence-electron chi connectivity index (χ2n) is 4.22. The van der Waals surface area contributed by atoms with Gasteiger partial charge >= 0.3 is 0 Å². The molecule has 0 amide bonds. The van der Waals surface area contributed by atoms with Crippen LogP contribution in [-0.2, 0) is 0 Å². The summed E-state index contributed by atoms with van der Waals surface area (Å²) in [5.74, 6) is 1.92. The molecule has 0 bridgehead atoms. The third-order valence-corrected chi connectivity index (χ3v) is 3.45. The van der Waals surface area contributed by atoms with Crippen LogP contribution < -0.4 is 5.32 Å². The minimum atomic E-state index is 0.465. The highest BCUT2D eigenvalue weighted by molar-refractivity contribution is 7.99. The van der Waals surface area contributed by atoms with Gasteiger partial charge in [0.25, 0.3) is 5.22 Å². The van der Waals surface area contributed by atoms with Gasteiger partial charge in [-0.1, -0.05) is 30.3 Å². The molecule has 0 radical (unpaired) electrons. The molecule has 0 aliphatic rings. The molecule has 2 heterocycles. The molecule has 0 fully saturated rings. The van der Waals surface area contributed by atoms with Gasteiger partial charge in [0, 0.05) is 25.6 Å². The summed E-state index contributed by atoms with van der Waals surface area (Å²) in [5.41, 5.74) is 0.957. The van der Waals surface area contributed by atoms with Gasteiger partial charge in [0.2, 0.25) is 5.89 Å². The van der Waals surface area contributed by atoms with Gasteiger partial charge in [-0.2, -0.15) is 0 Å². The van der Waals surface area contributed by atoms with Crippen molar-refractivity contribution in [2.75, 3.05) is 12.4 Å². The van der Waals surface area contributed by atoms with Crippen LogP contribution in [0.1, 0.15) is 5.89 Å². The van der Waals surface area contributed by atoms with Gasteiger partial charge in [-0.15, -0.1) is 10.2 Å². The largest absolute Gasteiger partial charge is 0.416 e. The number of hydrogen-bond acceptors (Lipinski definition) is 7. The smallest absolute Gasteiger partial charge is 0.282 e. The molecule has 1 aromatic carbocycles. The topological polar surface area (TPSA) is 76.7 Å². The Morgan fingerprint density at radius 2 is 1.90 bits per heavy atom. The van der Waals surface area contributed by atoms with Crippen molar-refractivity contribution in [1.82, 2.24) is 20.2 Å². The molecule has 0 saturated heterocycles. The first kappa shape index (κ1) is 13.6. The molecule has 0 unspecified atom stereocenters. The second kappa shape index (κ2) is 5.92. The zero-order chi connectivity index (χ0) is 14.7. The van der Waals surface area contributed by atoms with Crippen molar-refractivity contribution >= 4 is 17.6 Å². The standard InChI is InChI=1S/C14H13N5OS/c1-9-18-19-14(20-9)21-12-8-11(15-2)16-13(17-12)10-6-4-3-5-7-10/h3-8H,1-2H3,(H,15,16,17). The Labute approximate surface area is 126 Å². The van der Waals surface area contributed by atoms with Crippen molar-refractivity contribution in [2.24, 2.45) is 0 Å². The molecule has 3 aromatic rings. The molecule has 7 heteroatoms. The van der Waals surface area contributed by atoms with Crippen molar-refractivity contribution in [3.8, 4) is 11.4 Å². The molecule has 0 atom stereocenters. The van der Waals surface area contributed by atoms with Crippen LogP contribution in [-0.4, -0.2) is 27.2 Å². The summed E-state index contributed by atoms with van der Waals surface area (Å²) in [6, 6.07) is 11.7. The van der Waals surface area contributed by atoms with E-state index in [0.29, 0.717) is 16.9 Å². The van der Waals surface area contributed by atoms with Gasteiger partial charge in [0.05, 0.1) is 0 Å². The molecule has 3 rings (SSSR count). The Kier molecular flexibility index (Phi) is 3.83. The van der Waals surface area contributed by atoms with Crippen LogP contribution in [0.3, 0.4) is 0 Å². The lowest BCUT2D eigenvalue weighted by Crippen LogP contribution is -1.98. The highest BCUT2D eigenvalue weighted by Crippen LogP contribution is 2.28. The quantitative estimate of drug-likeness (QED) is 0.742. The molecule has 0 spiro atoms. The maximum absolute atomic E-state index is 5.37. The summed E-state index contributed by atoms with van der Waals surface area (Å²) in [5, 5.41) is 12.0. The fourth-order valence-electron chi connectivity index (χ4n) is 1.73. The lowest BCUT2D eigenvalue weighted by molar-refractivity contribution is 0.429. The predicted molar refractivity (Wildman–Crippen MR) is 80.2 cm³/mol. The van der Waals surface area contributed by atoms with Crippen molar-refractivity contribution in [3.05, 3.63) is 42.3 Å². The molecule has 0 aliphatic carbocycles. The Balaban J connectivity index is 1.97. The van der Waals surface area contributed by atoms with E-state index in [4.69, 9.17) is 4.42 Å². The van der Waals surface area contributed by atoms with Crippen molar-refractivity contribution in [1.29, 1.82) is 0 Å². The molecule has 21 heavy (non-hydrogen) atoms. The van der Waals surface area contributed by atoms with Gasteiger partial charge in [-0.3, -0.25) is 0 Å². The molecule has 0 saturated carbocycles. The SMILES string of the molecule is CNc1cc(Sc2nnc(C)o2)nc(-c2ccccc2)n1. The van der Waals surface area contributed by atoms with Gasteiger partial charge in [0.1, 0.15) is 10.8 Å². The summed E-state index contributed by atoms with van der Waals surface area (Å²) < 4.78 is 5.37. The number of hydrogen-bond donors (Lipinski definition) is 1. The highest BCUT2D eigenvalue weighted by atomic mass is 32.2. The van der Waals surface area contributed by atoms with Crippen LogP contribution in [0, 0.1) is 6.92 Å². The summed E-state index contributed by atoms with van der Waals surface area (Å²) >= 11 is 1.32. The Morgan fingerprint density at radius 1 is 1.10 bits per heavy atom. The van der Waals surface area contributed by atoms with Crippen molar-refractivity contribution < 1.29 is 4.42 Å². The Bertz CT molecular complexity index is 744. The number of anilines is 1. The highest BCUT2D eigenvalue weighted by Gasteiger charge is 2.10. The fourth-order valence-corrected chi connectivity index (χ4v) is 2.46. The van der Waals surface area contributed by atoms with E-state index >= 15 is 0 Å². The van der Waals surface area contributed by atoms with Crippen LogP contribution in [0.4, 0.5) is 5.82 Å². The summed E-state index contributed by atoms with van der Waals surface area (Å²) in [4.78, 5) is 9.01. The molecule has 0 aliphatic heterocycles. The minimum absolute atomic E-state index is 0.465. The number of nitrogens with one attached hydrogen (secondary N) is 1. The number of aryl methyl sites for hydroxylation is 1. The number of rotatable bonds is 4. The van der Waals surface area contributed by atoms with E-state index in [0.717, 1.165) is 16.4 Å². The molecule has 6 nitrogen and oxygen atoms in total. The van der Waals surface area contributed by atoms with E-state index in [2.05, 4.69) is 25.5 Å². The fraction of sp³-hybridized carbons (Fsp3) is 0.143. The van der Waals surface area contributed by atoms with Crippen LogP contribution in [0.15, 0.2) is 51.1 Å². The van der Waals surface area contributed by atoms with E-state index in [1.807, 2.05) is 43.4 Å². The number of nitrogens with zero attached hydrogens (tertiary/aromatic N) is 4. The van der Waals surface area contributed by atoms with Crippen molar-refractivity contribution in [3.63, 3.8) is 0 Å². The maximum atomic E-state index is 5.37. The van der Waals surface area contributed by atoms with Crippen LogP contribution in [0.2, 0.25) is 0 Å². The Morgan fingerprint density at radius 3 is 2.57 bits per heavy atom. The molecule has 1 N–H and O–H groups in total. The van der Waals surface area contributed by atoms with Gasteiger partial charge in [-0.25, -0.2) is 9.97 Å². The first-order valence-electron chi connectivity index (χ1n) is 6.35. The van der Waals surface area contributed by atoms with Crippen molar-refractivity contribution in [2.45, 2.75) is 17.2 Å². The summed E-state index contributed by atoms with van der Waals surface area (Å²) in [7, 11) is 1.82. The summed E-state index contributed by atoms with van der Waals surface area (Å²) in [6.07, 6.45) is 0.